The summed E-state index contributed by atoms with van der Waals surface area (Å²) in [6, 6.07) is 4.99. The van der Waals surface area contributed by atoms with Gasteiger partial charge in [0, 0.05) is 6.92 Å². The fraction of sp³-hybridized carbons (Fsp3) is 0.529. The van der Waals surface area contributed by atoms with Crippen LogP contribution in [0.1, 0.15) is 63.9 Å². The number of aromatic carboxylic acids is 1. The Labute approximate surface area is 126 Å². The molecule has 0 saturated heterocycles. The second kappa shape index (κ2) is 5.88. The van der Waals surface area contributed by atoms with Gasteiger partial charge in [-0.15, -0.1) is 0 Å². The number of ether oxygens (including phenoxy) is 1. The number of benzene rings is 1. The molecule has 116 valence electrons. The van der Waals surface area contributed by atoms with Gasteiger partial charge >= 0.3 is 11.9 Å². The molecule has 0 radical (unpaired) electrons. The minimum atomic E-state index is -1.10. The predicted molar refractivity (Wildman–Crippen MR) is 81.8 cm³/mol. The second-order valence-corrected chi connectivity index (χ2v) is 7.23. The summed E-state index contributed by atoms with van der Waals surface area (Å²) < 4.78 is 4.96. The summed E-state index contributed by atoms with van der Waals surface area (Å²) in [7, 11) is 0. The van der Waals surface area contributed by atoms with Crippen molar-refractivity contribution in [2.45, 2.75) is 53.4 Å². The van der Waals surface area contributed by atoms with Gasteiger partial charge in [-0.2, -0.15) is 0 Å². The molecule has 1 aromatic rings. The molecule has 0 aliphatic carbocycles. The number of rotatable bonds is 4. The highest BCUT2D eigenvalue weighted by atomic mass is 16.5. The Morgan fingerprint density at radius 3 is 2.14 bits per heavy atom. The molecular formula is C17H24O4. The van der Waals surface area contributed by atoms with Gasteiger partial charge in [0.2, 0.25) is 0 Å². The largest absolute Gasteiger partial charge is 0.478 e. The molecule has 0 atom stereocenters. The normalized spacial score (nSPS) is 12.1. The number of carbonyl (C=O) groups is 2. The summed E-state index contributed by atoms with van der Waals surface area (Å²) in [4.78, 5) is 22.4. The van der Waals surface area contributed by atoms with Crippen LogP contribution < -0.4 is 4.74 Å². The van der Waals surface area contributed by atoms with Crippen molar-refractivity contribution in [3.8, 4) is 5.75 Å². The van der Waals surface area contributed by atoms with E-state index in [1.165, 1.54) is 6.92 Å². The molecule has 0 heterocycles. The number of carboxylic acids is 1. The van der Waals surface area contributed by atoms with E-state index >= 15 is 0 Å². The Bertz CT molecular complexity index is 550. The first kappa shape index (κ1) is 17.2. The number of carboxylic acid groups (broad SMARTS) is 1. The van der Waals surface area contributed by atoms with Crippen molar-refractivity contribution >= 4 is 11.9 Å². The summed E-state index contributed by atoms with van der Waals surface area (Å²) in [5.41, 5.74) is 0.897. The molecule has 0 unspecified atom stereocenters. The lowest BCUT2D eigenvalue weighted by Gasteiger charge is -2.33. The van der Waals surface area contributed by atoms with Crippen molar-refractivity contribution in [1.82, 2.24) is 0 Å². The molecule has 1 N–H and O–H groups in total. The molecule has 0 saturated carbocycles. The van der Waals surface area contributed by atoms with Gasteiger partial charge in [0.1, 0.15) is 11.3 Å². The molecule has 0 aliphatic rings. The predicted octanol–water partition coefficient (Wildman–Crippen LogP) is 4.02. The first-order chi connectivity index (χ1) is 9.42. The lowest BCUT2D eigenvalue weighted by Crippen LogP contribution is -2.25. The first-order valence-electron chi connectivity index (χ1n) is 6.99. The van der Waals surface area contributed by atoms with Crippen LogP contribution in [0.25, 0.3) is 0 Å². The third-order valence-electron chi connectivity index (χ3n) is 3.22. The van der Waals surface area contributed by atoms with E-state index in [1.807, 2.05) is 6.07 Å². The van der Waals surface area contributed by atoms with Crippen molar-refractivity contribution in [1.29, 1.82) is 0 Å². The Morgan fingerprint density at radius 1 is 1.14 bits per heavy atom. The smallest absolute Gasteiger partial charge is 0.339 e. The monoisotopic (exact) mass is 292 g/mol. The molecule has 0 fully saturated rings. The van der Waals surface area contributed by atoms with E-state index in [0.29, 0.717) is 0 Å². The third-order valence-corrected chi connectivity index (χ3v) is 3.22. The molecular weight excluding hydrogens is 268 g/mol. The molecule has 0 aromatic heterocycles. The lowest BCUT2D eigenvalue weighted by molar-refractivity contribution is -0.131. The summed E-state index contributed by atoms with van der Waals surface area (Å²) in [6.07, 6.45) is 0.909. The summed E-state index contributed by atoms with van der Waals surface area (Å²) in [6.45, 7) is 11.9. The first-order valence-corrected chi connectivity index (χ1v) is 6.99. The minimum Gasteiger partial charge on any atom is -0.478 e. The van der Waals surface area contributed by atoms with Crippen LogP contribution in [-0.4, -0.2) is 17.0 Å². The topological polar surface area (TPSA) is 63.6 Å². The molecule has 21 heavy (non-hydrogen) atoms. The van der Waals surface area contributed by atoms with Gasteiger partial charge in [-0.3, -0.25) is 4.79 Å². The van der Waals surface area contributed by atoms with Crippen LogP contribution in [-0.2, 0) is 10.2 Å². The van der Waals surface area contributed by atoms with Gasteiger partial charge in [0.05, 0.1) is 0 Å². The van der Waals surface area contributed by atoms with E-state index < -0.39 is 11.9 Å². The highest BCUT2D eigenvalue weighted by Crippen LogP contribution is 2.37. The van der Waals surface area contributed by atoms with Crippen LogP contribution in [0, 0.1) is 5.41 Å². The standard InChI is InChI=1S/C17H24O4/c1-11(18)21-14-8-7-12(9-13(14)15(19)20)17(5,6)10-16(2,3)4/h7-9H,10H2,1-6H3,(H,19,20). The molecule has 1 aromatic carbocycles. The van der Waals surface area contributed by atoms with Crippen LogP contribution in [0.5, 0.6) is 5.75 Å². The maximum Gasteiger partial charge on any atom is 0.339 e. The quantitative estimate of drug-likeness (QED) is 0.672. The van der Waals surface area contributed by atoms with E-state index in [9.17, 15) is 14.7 Å². The van der Waals surface area contributed by atoms with Gasteiger partial charge in [-0.05, 0) is 34.9 Å². The van der Waals surface area contributed by atoms with Crippen molar-refractivity contribution in [3.63, 3.8) is 0 Å². The van der Waals surface area contributed by atoms with Gasteiger partial charge in [0.15, 0.2) is 0 Å². The highest BCUT2D eigenvalue weighted by Gasteiger charge is 2.28. The summed E-state index contributed by atoms with van der Waals surface area (Å²) >= 11 is 0. The van der Waals surface area contributed by atoms with Crippen molar-refractivity contribution in [3.05, 3.63) is 29.3 Å². The van der Waals surface area contributed by atoms with Crippen molar-refractivity contribution < 1.29 is 19.4 Å². The summed E-state index contributed by atoms with van der Waals surface area (Å²) in [5.74, 6) is -1.54. The SMILES string of the molecule is CC(=O)Oc1ccc(C(C)(C)CC(C)(C)C)cc1C(=O)O. The molecule has 0 spiro atoms. The fourth-order valence-corrected chi connectivity index (χ4v) is 2.79. The second-order valence-electron chi connectivity index (χ2n) is 7.23. The number of hydrogen-bond acceptors (Lipinski definition) is 3. The molecule has 0 amide bonds. The highest BCUT2D eigenvalue weighted by molar-refractivity contribution is 5.92. The molecule has 4 nitrogen and oxygen atoms in total. The average molecular weight is 292 g/mol. The maximum absolute atomic E-state index is 11.4. The van der Waals surface area contributed by atoms with Gasteiger partial charge in [-0.25, -0.2) is 4.79 Å². The van der Waals surface area contributed by atoms with Crippen molar-refractivity contribution in [2.24, 2.45) is 5.41 Å². The Morgan fingerprint density at radius 2 is 1.71 bits per heavy atom. The van der Waals surface area contributed by atoms with E-state index in [0.717, 1.165) is 12.0 Å². The van der Waals surface area contributed by atoms with Crippen molar-refractivity contribution in [2.75, 3.05) is 0 Å². The maximum atomic E-state index is 11.4. The van der Waals surface area contributed by atoms with Crippen LogP contribution in [0.4, 0.5) is 0 Å². The van der Waals surface area contributed by atoms with E-state index in [4.69, 9.17) is 4.74 Å². The average Bonchev–Trinajstić information content (AvgIpc) is 2.24. The number of hydrogen-bond donors (Lipinski definition) is 1. The summed E-state index contributed by atoms with van der Waals surface area (Å²) in [5, 5.41) is 9.31. The molecule has 0 bridgehead atoms. The van der Waals surface area contributed by atoms with Gasteiger partial charge in [-0.1, -0.05) is 40.7 Å². The Balaban J connectivity index is 3.25. The molecule has 1 rings (SSSR count). The lowest BCUT2D eigenvalue weighted by atomic mass is 9.72. The molecule has 0 aliphatic heterocycles. The van der Waals surface area contributed by atoms with E-state index in [2.05, 4.69) is 34.6 Å². The zero-order valence-electron chi connectivity index (χ0n) is 13.6. The van der Waals surface area contributed by atoms with E-state index in [-0.39, 0.29) is 22.1 Å². The number of esters is 1. The molecule has 4 heteroatoms. The van der Waals surface area contributed by atoms with Crippen LogP contribution in [0.15, 0.2) is 18.2 Å². The Kier molecular flexibility index (Phi) is 4.82. The van der Waals surface area contributed by atoms with Crippen LogP contribution in [0.2, 0.25) is 0 Å². The zero-order chi connectivity index (χ0) is 16.4. The van der Waals surface area contributed by atoms with Crippen LogP contribution >= 0.6 is 0 Å². The van der Waals surface area contributed by atoms with Gasteiger partial charge < -0.3 is 9.84 Å². The zero-order valence-corrected chi connectivity index (χ0v) is 13.6. The van der Waals surface area contributed by atoms with Crippen LogP contribution in [0.3, 0.4) is 0 Å². The number of carbonyl (C=O) groups excluding carboxylic acids is 1. The van der Waals surface area contributed by atoms with E-state index in [1.54, 1.807) is 12.1 Å². The third kappa shape index (κ3) is 4.88. The Hall–Kier alpha value is -1.84. The van der Waals surface area contributed by atoms with Gasteiger partial charge in [0.25, 0.3) is 0 Å². The minimum absolute atomic E-state index is 0.0182. The fourth-order valence-electron chi connectivity index (χ4n) is 2.79.